The Bertz CT molecular complexity index is 465. The summed E-state index contributed by atoms with van der Waals surface area (Å²) in [6.07, 6.45) is 4.28. The molecule has 0 aliphatic heterocycles. The van der Waals surface area contributed by atoms with Crippen molar-refractivity contribution in [2.45, 2.75) is 25.7 Å². The molecule has 0 radical (unpaired) electrons. The number of ether oxygens (including phenoxy) is 1. The van der Waals surface area contributed by atoms with Gasteiger partial charge < -0.3 is 4.74 Å². The summed E-state index contributed by atoms with van der Waals surface area (Å²) in [5, 5.41) is 9.72. The summed E-state index contributed by atoms with van der Waals surface area (Å²) >= 11 is 11.9. The van der Waals surface area contributed by atoms with E-state index in [1.54, 1.807) is 0 Å². The standard InChI is InChI=1S/C13H13Cl2NO/c14-5-6-17-13-10(8-16)7-9-3-1-2-4-11(9)12(13)15/h7H,1-6H2. The Morgan fingerprint density at radius 3 is 2.82 bits per heavy atom. The van der Waals surface area contributed by atoms with E-state index in [4.69, 9.17) is 33.2 Å². The molecule has 0 heterocycles. The molecule has 4 heteroatoms. The normalized spacial score (nSPS) is 13.9. The van der Waals surface area contributed by atoms with Crippen molar-refractivity contribution in [2.24, 2.45) is 0 Å². The number of hydrogen-bond donors (Lipinski definition) is 0. The Kier molecular flexibility index (Phi) is 4.15. The van der Waals surface area contributed by atoms with Gasteiger partial charge in [-0.05, 0) is 42.9 Å². The first-order chi connectivity index (χ1) is 8.27. The molecule has 2 rings (SSSR count). The van der Waals surface area contributed by atoms with E-state index in [2.05, 4.69) is 6.07 Å². The Labute approximate surface area is 111 Å². The molecule has 0 spiro atoms. The molecule has 17 heavy (non-hydrogen) atoms. The van der Waals surface area contributed by atoms with Crippen molar-refractivity contribution in [1.29, 1.82) is 5.26 Å². The number of nitrogens with zero attached hydrogens (tertiary/aromatic N) is 1. The number of alkyl halides is 1. The maximum Gasteiger partial charge on any atom is 0.155 e. The molecule has 1 aliphatic rings. The second-order valence-electron chi connectivity index (χ2n) is 4.06. The van der Waals surface area contributed by atoms with Crippen molar-refractivity contribution in [1.82, 2.24) is 0 Å². The van der Waals surface area contributed by atoms with Crippen LogP contribution in [0.3, 0.4) is 0 Å². The second-order valence-corrected chi connectivity index (χ2v) is 4.82. The highest BCUT2D eigenvalue weighted by Crippen LogP contribution is 2.37. The first-order valence-corrected chi connectivity index (χ1v) is 6.62. The van der Waals surface area contributed by atoms with Crippen LogP contribution in [0, 0.1) is 11.3 Å². The lowest BCUT2D eigenvalue weighted by molar-refractivity contribution is 0.341. The van der Waals surface area contributed by atoms with Gasteiger partial charge >= 0.3 is 0 Å². The maximum atomic E-state index is 9.12. The lowest BCUT2D eigenvalue weighted by Gasteiger charge is -2.20. The predicted molar refractivity (Wildman–Crippen MR) is 69.0 cm³/mol. The highest BCUT2D eigenvalue weighted by molar-refractivity contribution is 6.33. The van der Waals surface area contributed by atoms with Gasteiger partial charge in [-0.25, -0.2) is 0 Å². The fourth-order valence-electron chi connectivity index (χ4n) is 2.20. The average Bonchev–Trinajstić information content (AvgIpc) is 2.37. The molecule has 1 aliphatic carbocycles. The fraction of sp³-hybridized carbons (Fsp3) is 0.462. The number of halogens is 2. The van der Waals surface area contributed by atoms with Crippen LogP contribution in [0.1, 0.15) is 29.5 Å². The predicted octanol–water partition coefficient (Wildman–Crippen LogP) is 3.71. The van der Waals surface area contributed by atoms with Gasteiger partial charge in [0.1, 0.15) is 12.7 Å². The largest absolute Gasteiger partial charge is 0.489 e. The third kappa shape index (κ3) is 2.51. The van der Waals surface area contributed by atoms with Crippen molar-refractivity contribution in [3.8, 4) is 11.8 Å². The van der Waals surface area contributed by atoms with Crippen molar-refractivity contribution in [3.05, 3.63) is 27.8 Å². The fourth-order valence-corrected chi connectivity index (χ4v) is 2.65. The molecule has 0 saturated heterocycles. The van der Waals surface area contributed by atoms with E-state index in [1.165, 1.54) is 5.56 Å². The van der Waals surface area contributed by atoms with Crippen molar-refractivity contribution in [2.75, 3.05) is 12.5 Å². The van der Waals surface area contributed by atoms with Crippen molar-refractivity contribution < 1.29 is 4.74 Å². The first-order valence-electron chi connectivity index (χ1n) is 5.71. The summed E-state index contributed by atoms with van der Waals surface area (Å²) in [4.78, 5) is 0. The van der Waals surface area contributed by atoms with Crippen molar-refractivity contribution in [3.63, 3.8) is 0 Å². The minimum atomic E-state index is 0.370. The zero-order valence-electron chi connectivity index (χ0n) is 9.43. The van der Waals surface area contributed by atoms with E-state index < -0.39 is 0 Å². The molecule has 2 nitrogen and oxygen atoms in total. The Morgan fingerprint density at radius 2 is 2.12 bits per heavy atom. The van der Waals surface area contributed by atoms with Crippen LogP contribution >= 0.6 is 23.2 Å². The van der Waals surface area contributed by atoms with Crippen LogP contribution in [0.2, 0.25) is 5.02 Å². The van der Waals surface area contributed by atoms with Crippen LogP contribution in [-0.2, 0) is 12.8 Å². The molecule has 1 aromatic carbocycles. The number of rotatable bonds is 3. The number of hydrogen-bond acceptors (Lipinski definition) is 2. The number of aryl methyl sites for hydroxylation is 1. The molecule has 1 aromatic rings. The summed E-state index contributed by atoms with van der Waals surface area (Å²) in [7, 11) is 0. The quantitative estimate of drug-likeness (QED) is 0.784. The lowest BCUT2D eigenvalue weighted by atomic mass is 9.90. The minimum absolute atomic E-state index is 0.370. The second kappa shape index (κ2) is 5.62. The van der Waals surface area contributed by atoms with Crippen LogP contribution in [0.4, 0.5) is 0 Å². The maximum absolute atomic E-state index is 9.12. The van der Waals surface area contributed by atoms with Crippen LogP contribution in [0.25, 0.3) is 0 Å². The van der Waals surface area contributed by atoms with Gasteiger partial charge in [0.05, 0.1) is 16.5 Å². The monoisotopic (exact) mass is 269 g/mol. The van der Waals surface area contributed by atoms with Crippen LogP contribution in [0.15, 0.2) is 6.07 Å². The summed E-state index contributed by atoms with van der Waals surface area (Å²) in [6.45, 7) is 0.370. The van der Waals surface area contributed by atoms with E-state index in [9.17, 15) is 0 Å². The van der Waals surface area contributed by atoms with Gasteiger partial charge in [-0.3, -0.25) is 0 Å². The van der Waals surface area contributed by atoms with Gasteiger partial charge in [0.15, 0.2) is 5.75 Å². The molecule has 0 fully saturated rings. The molecular weight excluding hydrogens is 257 g/mol. The number of fused-ring (bicyclic) bond motifs is 1. The van der Waals surface area contributed by atoms with Gasteiger partial charge in [-0.1, -0.05) is 11.6 Å². The number of benzene rings is 1. The van der Waals surface area contributed by atoms with Gasteiger partial charge in [0.25, 0.3) is 0 Å². The molecular formula is C13H13Cl2NO. The molecule has 0 amide bonds. The van der Waals surface area contributed by atoms with E-state index in [0.29, 0.717) is 28.8 Å². The zero-order valence-corrected chi connectivity index (χ0v) is 10.9. The van der Waals surface area contributed by atoms with Crippen LogP contribution in [0.5, 0.6) is 5.75 Å². The molecule has 0 N–H and O–H groups in total. The topological polar surface area (TPSA) is 33.0 Å². The summed E-state index contributed by atoms with van der Waals surface area (Å²) in [5.74, 6) is 0.883. The summed E-state index contributed by atoms with van der Waals surface area (Å²) in [6, 6.07) is 4.05. The SMILES string of the molecule is N#Cc1cc2c(c(Cl)c1OCCCl)CCCC2. The van der Waals surface area contributed by atoms with Crippen LogP contribution in [-0.4, -0.2) is 12.5 Å². The highest BCUT2D eigenvalue weighted by atomic mass is 35.5. The van der Waals surface area contributed by atoms with E-state index >= 15 is 0 Å². The first kappa shape index (κ1) is 12.5. The van der Waals surface area contributed by atoms with Crippen molar-refractivity contribution >= 4 is 23.2 Å². The van der Waals surface area contributed by atoms with E-state index in [1.807, 2.05) is 6.07 Å². The molecule has 90 valence electrons. The zero-order chi connectivity index (χ0) is 12.3. The molecule has 0 atom stereocenters. The summed E-state index contributed by atoms with van der Waals surface area (Å²) < 4.78 is 5.49. The Hall–Kier alpha value is -0.910. The van der Waals surface area contributed by atoms with Gasteiger partial charge in [-0.15, -0.1) is 11.6 Å². The van der Waals surface area contributed by atoms with Crippen LogP contribution < -0.4 is 4.74 Å². The summed E-state index contributed by atoms with van der Waals surface area (Å²) in [5.41, 5.74) is 2.85. The third-order valence-electron chi connectivity index (χ3n) is 2.98. The van der Waals surface area contributed by atoms with E-state index in [-0.39, 0.29) is 0 Å². The lowest BCUT2D eigenvalue weighted by Crippen LogP contribution is -2.08. The number of nitriles is 1. The van der Waals surface area contributed by atoms with E-state index in [0.717, 1.165) is 31.2 Å². The highest BCUT2D eigenvalue weighted by Gasteiger charge is 2.20. The average molecular weight is 270 g/mol. The van der Waals surface area contributed by atoms with Gasteiger partial charge in [0, 0.05) is 0 Å². The van der Waals surface area contributed by atoms with Gasteiger partial charge in [-0.2, -0.15) is 5.26 Å². The minimum Gasteiger partial charge on any atom is -0.489 e. The molecule has 0 unspecified atom stereocenters. The smallest absolute Gasteiger partial charge is 0.155 e. The third-order valence-corrected chi connectivity index (χ3v) is 3.54. The van der Waals surface area contributed by atoms with Gasteiger partial charge in [0.2, 0.25) is 0 Å². The molecule has 0 aromatic heterocycles. The molecule has 0 saturated carbocycles. The Balaban J connectivity index is 2.46. The Morgan fingerprint density at radius 1 is 1.35 bits per heavy atom. The molecule has 0 bridgehead atoms.